The fourth-order valence-electron chi connectivity index (χ4n) is 7.85. The molecule has 0 amide bonds. The number of benzene rings is 9. The van der Waals surface area contributed by atoms with Crippen LogP contribution in [0.4, 0.5) is 0 Å². The fraction of sp³-hybridized carbons (Fsp3) is 0. The van der Waals surface area contributed by atoms with E-state index < -0.39 is 0 Å². The van der Waals surface area contributed by atoms with E-state index in [9.17, 15) is 0 Å². The first-order valence-electron chi connectivity index (χ1n) is 17.5. The van der Waals surface area contributed by atoms with Gasteiger partial charge in [0.15, 0.2) is 0 Å². The molecule has 0 radical (unpaired) electrons. The fourth-order valence-corrected chi connectivity index (χ4v) is 8.94. The van der Waals surface area contributed by atoms with E-state index in [1.54, 1.807) is 0 Å². The van der Waals surface area contributed by atoms with Gasteiger partial charge in [-0.05, 0) is 120 Å². The van der Waals surface area contributed by atoms with Crippen LogP contribution >= 0.6 is 11.3 Å². The van der Waals surface area contributed by atoms with Gasteiger partial charge in [0.05, 0.1) is 0 Å². The Kier molecular flexibility index (Phi) is 7.11. The highest BCUT2D eigenvalue weighted by molar-refractivity contribution is 7.25. The molecule has 0 aliphatic carbocycles. The maximum Gasteiger partial charge on any atom is 0.0355 e. The highest BCUT2D eigenvalue weighted by atomic mass is 32.1. The summed E-state index contributed by atoms with van der Waals surface area (Å²) in [7, 11) is 0. The van der Waals surface area contributed by atoms with E-state index in [2.05, 4.69) is 194 Å². The van der Waals surface area contributed by atoms with Crippen molar-refractivity contribution >= 4 is 53.1 Å². The van der Waals surface area contributed by atoms with Gasteiger partial charge in [0, 0.05) is 20.2 Å². The molecule has 51 heavy (non-hydrogen) atoms. The van der Waals surface area contributed by atoms with Crippen LogP contribution in [0.5, 0.6) is 0 Å². The van der Waals surface area contributed by atoms with E-state index in [-0.39, 0.29) is 0 Å². The Morgan fingerprint density at radius 1 is 0.216 bits per heavy atom. The monoisotopic (exact) mass is 664 g/mol. The van der Waals surface area contributed by atoms with E-state index >= 15 is 0 Å². The van der Waals surface area contributed by atoms with Crippen LogP contribution < -0.4 is 0 Å². The largest absolute Gasteiger partial charge is 0.135 e. The Bertz CT molecular complexity index is 2880. The van der Waals surface area contributed by atoms with E-state index in [0.29, 0.717) is 0 Å². The van der Waals surface area contributed by atoms with Crippen LogP contribution in [-0.2, 0) is 0 Å². The summed E-state index contributed by atoms with van der Waals surface area (Å²) in [5.74, 6) is 0. The molecule has 0 aliphatic rings. The van der Waals surface area contributed by atoms with E-state index in [4.69, 9.17) is 0 Å². The third-order valence-corrected chi connectivity index (χ3v) is 11.4. The molecule has 0 bridgehead atoms. The Balaban J connectivity index is 1.25. The maximum absolute atomic E-state index is 2.43. The lowest BCUT2D eigenvalue weighted by Crippen LogP contribution is -1.92. The molecule has 0 unspecified atom stereocenters. The molecular formula is C50H32S. The summed E-state index contributed by atoms with van der Waals surface area (Å²) in [6, 6.07) is 71.3. The number of hydrogen-bond acceptors (Lipinski definition) is 1. The molecule has 10 rings (SSSR count). The van der Waals surface area contributed by atoms with Gasteiger partial charge in [0.1, 0.15) is 0 Å². The third kappa shape index (κ3) is 5.14. The number of rotatable bonds is 5. The van der Waals surface area contributed by atoms with Crippen LogP contribution in [0.2, 0.25) is 0 Å². The minimum absolute atomic E-state index is 1.20. The molecule has 9 aromatic carbocycles. The van der Waals surface area contributed by atoms with Gasteiger partial charge in [-0.3, -0.25) is 0 Å². The first-order valence-corrected chi connectivity index (χ1v) is 18.3. The molecule has 0 N–H and O–H groups in total. The average molecular weight is 665 g/mol. The van der Waals surface area contributed by atoms with Gasteiger partial charge in [0.25, 0.3) is 0 Å². The van der Waals surface area contributed by atoms with Gasteiger partial charge < -0.3 is 0 Å². The molecule has 0 saturated heterocycles. The molecule has 1 aromatic heterocycles. The summed E-state index contributed by atoms with van der Waals surface area (Å²) in [6.07, 6.45) is 0. The molecule has 1 heterocycles. The predicted octanol–water partition coefficient (Wildman–Crippen LogP) is 14.7. The lowest BCUT2D eigenvalue weighted by molar-refractivity contribution is 1.58. The van der Waals surface area contributed by atoms with Crippen LogP contribution in [0, 0.1) is 0 Å². The molecule has 0 atom stereocenters. The van der Waals surface area contributed by atoms with Crippen molar-refractivity contribution in [1.29, 1.82) is 0 Å². The zero-order valence-corrected chi connectivity index (χ0v) is 28.7. The zero-order chi connectivity index (χ0) is 33.7. The first kappa shape index (κ1) is 29.6. The Morgan fingerprint density at radius 2 is 0.627 bits per heavy atom. The van der Waals surface area contributed by atoms with Crippen molar-refractivity contribution in [2.45, 2.75) is 0 Å². The molecule has 0 spiro atoms. The van der Waals surface area contributed by atoms with Crippen LogP contribution in [0.25, 0.3) is 97.4 Å². The van der Waals surface area contributed by atoms with Crippen LogP contribution in [-0.4, -0.2) is 0 Å². The Hall–Kier alpha value is -6.28. The second-order valence-corrected chi connectivity index (χ2v) is 14.3. The summed E-state index contributed by atoms with van der Waals surface area (Å²) >= 11 is 1.87. The van der Waals surface area contributed by atoms with E-state index in [1.807, 2.05) is 11.3 Å². The summed E-state index contributed by atoms with van der Waals surface area (Å²) in [4.78, 5) is 0. The first-order chi connectivity index (χ1) is 25.3. The van der Waals surface area contributed by atoms with Crippen molar-refractivity contribution in [2.24, 2.45) is 0 Å². The molecule has 1 heteroatoms. The van der Waals surface area contributed by atoms with E-state index in [0.717, 1.165) is 0 Å². The van der Waals surface area contributed by atoms with Crippen molar-refractivity contribution in [3.63, 3.8) is 0 Å². The molecule has 0 saturated carbocycles. The van der Waals surface area contributed by atoms with Gasteiger partial charge >= 0.3 is 0 Å². The standard InChI is InChI=1S/C50H32S/c1-4-14-33(15-5-1)38-28-39(30-40(29-38)37-25-27-48-45(31-37)41-20-12-13-23-47(41)51-48)36-24-26-44-46(32-36)50(35-18-8-3-9-19-35)43-22-11-10-21-42(43)49(44)34-16-6-2-7-17-34/h1-32H. The molecule has 0 aliphatic heterocycles. The van der Waals surface area contributed by atoms with Crippen molar-refractivity contribution in [3.05, 3.63) is 194 Å². The minimum Gasteiger partial charge on any atom is -0.135 e. The second kappa shape index (κ2) is 12.2. The average Bonchev–Trinajstić information content (AvgIpc) is 3.58. The van der Waals surface area contributed by atoms with Gasteiger partial charge in [0.2, 0.25) is 0 Å². The van der Waals surface area contributed by atoms with Gasteiger partial charge in [-0.1, -0.05) is 152 Å². The van der Waals surface area contributed by atoms with Crippen molar-refractivity contribution in [3.8, 4) is 55.6 Å². The topological polar surface area (TPSA) is 0 Å². The van der Waals surface area contributed by atoms with Crippen LogP contribution in [0.15, 0.2) is 194 Å². The highest BCUT2D eigenvalue weighted by Gasteiger charge is 2.18. The zero-order valence-electron chi connectivity index (χ0n) is 27.9. The van der Waals surface area contributed by atoms with Gasteiger partial charge in [-0.25, -0.2) is 0 Å². The summed E-state index contributed by atoms with van der Waals surface area (Å²) in [6.45, 7) is 0. The predicted molar refractivity (Wildman–Crippen MR) is 222 cm³/mol. The van der Waals surface area contributed by atoms with Crippen LogP contribution in [0.1, 0.15) is 0 Å². The number of fused-ring (bicyclic) bond motifs is 5. The molecule has 10 aromatic rings. The maximum atomic E-state index is 2.43. The van der Waals surface area contributed by atoms with E-state index in [1.165, 1.54) is 97.4 Å². The van der Waals surface area contributed by atoms with Crippen LogP contribution in [0.3, 0.4) is 0 Å². The molecular weight excluding hydrogens is 633 g/mol. The summed E-state index contributed by atoms with van der Waals surface area (Å²) in [5.41, 5.74) is 12.3. The van der Waals surface area contributed by atoms with Gasteiger partial charge in [-0.2, -0.15) is 0 Å². The Labute approximate surface area is 301 Å². The lowest BCUT2D eigenvalue weighted by atomic mass is 9.84. The lowest BCUT2D eigenvalue weighted by Gasteiger charge is -2.19. The summed E-state index contributed by atoms with van der Waals surface area (Å²) < 4.78 is 2.65. The highest BCUT2D eigenvalue weighted by Crippen LogP contribution is 2.45. The molecule has 0 nitrogen and oxygen atoms in total. The number of thiophene rings is 1. The Morgan fingerprint density at radius 3 is 1.24 bits per heavy atom. The van der Waals surface area contributed by atoms with Crippen molar-refractivity contribution in [1.82, 2.24) is 0 Å². The van der Waals surface area contributed by atoms with Crippen molar-refractivity contribution in [2.75, 3.05) is 0 Å². The van der Waals surface area contributed by atoms with Crippen molar-refractivity contribution < 1.29 is 0 Å². The summed E-state index contributed by atoms with van der Waals surface area (Å²) in [5, 5.41) is 7.70. The molecule has 238 valence electrons. The minimum atomic E-state index is 1.20. The SMILES string of the molecule is c1ccc(-c2cc(-c3ccc4c(-c5ccccc5)c5ccccc5c(-c5ccccc5)c4c3)cc(-c3ccc4sc5ccccc5c4c3)c2)cc1. The second-order valence-electron chi connectivity index (χ2n) is 13.3. The molecule has 0 fully saturated rings. The smallest absolute Gasteiger partial charge is 0.0355 e. The van der Waals surface area contributed by atoms with Gasteiger partial charge in [-0.15, -0.1) is 11.3 Å². The third-order valence-electron chi connectivity index (χ3n) is 10.2. The normalized spacial score (nSPS) is 11.5. The number of hydrogen-bond donors (Lipinski definition) is 0. The quantitative estimate of drug-likeness (QED) is 0.161.